The predicted octanol–water partition coefficient (Wildman–Crippen LogP) is 7.68. The highest BCUT2D eigenvalue weighted by Crippen LogP contribution is 2.37. The summed E-state index contributed by atoms with van der Waals surface area (Å²) in [6.07, 6.45) is -4.75. The lowest BCUT2D eigenvalue weighted by Crippen LogP contribution is -2.31. The number of aliphatic hydroxyl groups is 1. The van der Waals surface area contributed by atoms with Crippen LogP contribution in [0.15, 0.2) is 94.2 Å². The summed E-state index contributed by atoms with van der Waals surface area (Å²) in [5.74, 6) is -2.21. The van der Waals surface area contributed by atoms with Crippen molar-refractivity contribution in [1.82, 2.24) is 4.31 Å². The number of hydrogen-bond donors (Lipinski definition) is 2. The van der Waals surface area contributed by atoms with Crippen LogP contribution in [0.2, 0.25) is 0 Å². The first-order valence-corrected chi connectivity index (χ1v) is 16.3. The molecule has 2 N–H and O–H groups in total. The molecular formula is C36H34F3NO7S. The molecule has 0 unspecified atom stereocenters. The Balaban J connectivity index is 1.60. The van der Waals surface area contributed by atoms with Crippen LogP contribution in [0.25, 0.3) is 21.9 Å². The number of sulfonamides is 1. The Morgan fingerprint density at radius 1 is 0.896 bits per heavy atom. The highest BCUT2D eigenvalue weighted by molar-refractivity contribution is 7.89. The van der Waals surface area contributed by atoms with Crippen LogP contribution < -0.4 is 4.74 Å². The maximum Gasteiger partial charge on any atom is 0.449 e. The van der Waals surface area contributed by atoms with Gasteiger partial charge in [-0.2, -0.15) is 17.5 Å². The zero-order valence-corrected chi connectivity index (χ0v) is 27.4. The molecule has 0 radical (unpaired) electrons. The third-order valence-electron chi connectivity index (χ3n) is 8.40. The molecule has 8 nitrogen and oxygen atoms in total. The summed E-state index contributed by atoms with van der Waals surface area (Å²) >= 11 is 0. The molecular weight excluding hydrogens is 647 g/mol. The minimum atomic E-state index is -4.75. The van der Waals surface area contributed by atoms with E-state index in [0.717, 1.165) is 16.4 Å². The smallest absolute Gasteiger partial charge is 0.449 e. The number of hydrogen-bond acceptors (Lipinski definition) is 6. The second kappa shape index (κ2) is 13.1. The first kappa shape index (κ1) is 34.7. The van der Waals surface area contributed by atoms with Crippen molar-refractivity contribution >= 4 is 26.8 Å². The Morgan fingerprint density at radius 2 is 1.56 bits per heavy atom. The molecule has 12 heteroatoms. The summed E-state index contributed by atoms with van der Waals surface area (Å²) in [5.41, 5.74) is 1.73. The van der Waals surface area contributed by atoms with Gasteiger partial charge in [-0.15, -0.1) is 0 Å². The second-order valence-corrected chi connectivity index (χ2v) is 13.8. The van der Waals surface area contributed by atoms with Gasteiger partial charge in [-0.25, -0.2) is 8.42 Å². The highest BCUT2D eigenvalue weighted by atomic mass is 32.2. The van der Waals surface area contributed by atoms with Crippen molar-refractivity contribution in [1.29, 1.82) is 0 Å². The molecule has 5 aromatic rings. The van der Waals surface area contributed by atoms with Crippen molar-refractivity contribution < 1.29 is 45.8 Å². The van der Waals surface area contributed by atoms with Crippen LogP contribution >= 0.6 is 0 Å². The van der Waals surface area contributed by atoms with Crippen LogP contribution in [0, 0.1) is 6.92 Å². The lowest BCUT2D eigenvalue weighted by molar-refractivity contribution is -0.153. The number of halogens is 3. The number of carbonyl (C=O) groups is 1. The van der Waals surface area contributed by atoms with Gasteiger partial charge in [-0.3, -0.25) is 4.79 Å². The molecule has 0 bridgehead atoms. The Hall–Kier alpha value is -4.65. The average molecular weight is 682 g/mol. The number of nitrogens with zero attached hydrogens (tertiary/aromatic N) is 1. The van der Waals surface area contributed by atoms with E-state index in [1.54, 1.807) is 93.6 Å². The molecule has 0 saturated heterocycles. The van der Waals surface area contributed by atoms with Crippen LogP contribution in [0.3, 0.4) is 0 Å². The molecule has 1 aromatic heterocycles. The molecule has 1 heterocycles. The number of ether oxygens (including phenoxy) is 1. The van der Waals surface area contributed by atoms with Gasteiger partial charge in [0, 0.05) is 17.5 Å². The zero-order valence-electron chi connectivity index (χ0n) is 26.6. The van der Waals surface area contributed by atoms with Crippen molar-refractivity contribution in [3.05, 3.63) is 119 Å². The fourth-order valence-corrected chi connectivity index (χ4v) is 7.48. The van der Waals surface area contributed by atoms with Gasteiger partial charge in [-0.05, 0) is 78.2 Å². The SMILES string of the molecule is COc1cc(-c2ccc(CO)c(C(C)(C)C(=O)O)c2)ccc1CN(Cc1ccc(C(F)(F)F)o1)S(=O)(=O)c1c(C)ccc2ccccc12. The van der Waals surface area contributed by atoms with Crippen LogP contribution in [0.1, 0.15) is 47.6 Å². The quantitative estimate of drug-likeness (QED) is 0.147. The molecule has 0 atom stereocenters. The molecule has 0 aliphatic carbocycles. The number of carboxylic acids is 1. The van der Waals surface area contributed by atoms with Crippen LogP contribution in [0.4, 0.5) is 13.2 Å². The van der Waals surface area contributed by atoms with E-state index < -0.39 is 39.9 Å². The van der Waals surface area contributed by atoms with Crippen molar-refractivity contribution in [2.75, 3.05) is 7.11 Å². The fraction of sp³-hybridized carbons (Fsp3) is 0.250. The first-order valence-electron chi connectivity index (χ1n) is 14.9. The van der Waals surface area contributed by atoms with E-state index in [9.17, 15) is 36.6 Å². The number of benzene rings is 4. The number of fused-ring (bicyclic) bond motifs is 1. The van der Waals surface area contributed by atoms with Crippen molar-refractivity contribution in [2.45, 2.75) is 57.0 Å². The van der Waals surface area contributed by atoms with Crippen LogP contribution in [-0.4, -0.2) is 36.0 Å². The molecule has 4 aromatic carbocycles. The minimum Gasteiger partial charge on any atom is -0.496 e. The standard InChI is InChI=1S/C36H34F3NO7S/c1-22-9-10-23-7-5-6-8-29(23)33(22)48(44,45)40(20-28-15-16-32(47-28)36(37,38)39)19-26-13-11-25(18-31(26)46-4)24-12-14-27(21-41)30(17-24)35(2,3)34(42)43/h5-18,41H,19-21H2,1-4H3,(H,42,43). The van der Waals surface area contributed by atoms with E-state index in [4.69, 9.17) is 9.15 Å². The van der Waals surface area contributed by atoms with Gasteiger partial charge in [0.25, 0.3) is 0 Å². The summed E-state index contributed by atoms with van der Waals surface area (Å²) < 4.78 is 80.8. The summed E-state index contributed by atoms with van der Waals surface area (Å²) in [5, 5.41) is 20.8. The summed E-state index contributed by atoms with van der Waals surface area (Å²) in [6, 6.07) is 22.4. The van der Waals surface area contributed by atoms with E-state index in [0.29, 0.717) is 49.9 Å². The van der Waals surface area contributed by atoms with E-state index in [1.807, 2.05) is 0 Å². The number of aliphatic hydroxyl groups excluding tert-OH is 1. The molecule has 0 amide bonds. The number of furan rings is 1. The number of aryl methyl sites for hydroxylation is 1. The average Bonchev–Trinajstić information content (AvgIpc) is 3.53. The van der Waals surface area contributed by atoms with Crippen molar-refractivity contribution in [3.63, 3.8) is 0 Å². The Kier molecular flexibility index (Phi) is 9.46. The Labute approximate surface area is 276 Å². The van der Waals surface area contributed by atoms with Gasteiger partial charge in [0.15, 0.2) is 0 Å². The van der Waals surface area contributed by atoms with Crippen molar-refractivity contribution in [3.8, 4) is 16.9 Å². The second-order valence-electron chi connectivity index (χ2n) is 12.0. The van der Waals surface area contributed by atoms with Crippen LogP contribution in [-0.2, 0) is 46.1 Å². The van der Waals surface area contributed by atoms with Gasteiger partial charge in [0.05, 0.1) is 30.6 Å². The lowest BCUT2D eigenvalue weighted by Gasteiger charge is -2.25. The monoisotopic (exact) mass is 681 g/mol. The Bertz CT molecular complexity index is 2100. The van der Waals surface area contributed by atoms with Crippen LogP contribution in [0.5, 0.6) is 5.75 Å². The van der Waals surface area contributed by atoms with E-state index >= 15 is 0 Å². The lowest BCUT2D eigenvalue weighted by atomic mass is 9.80. The maximum atomic E-state index is 14.5. The molecule has 0 spiro atoms. The summed E-state index contributed by atoms with van der Waals surface area (Å²) in [7, 11) is -2.94. The normalized spacial score (nSPS) is 12.5. The fourth-order valence-electron chi connectivity index (χ4n) is 5.67. The topological polar surface area (TPSA) is 117 Å². The molecule has 5 rings (SSSR count). The van der Waals surface area contributed by atoms with Gasteiger partial charge in [0.2, 0.25) is 15.8 Å². The molecule has 0 fully saturated rings. The number of alkyl halides is 3. The van der Waals surface area contributed by atoms with Crippen molar-refractivity contribution in [2.24, 2.45) is 0 Å². The molecule has 0 saturated carbocycles. The predicted molar refractivity (Wildman–Crippen MR) is 174 cm³/mol. The summed E-state index contributed by atoms with van der Waals surface area (Å²) in [6.45, 7) is 3.61. The molecule has 48 heavy (non-hydrogen) atoms. The van der Waals surface area contributed by atoms with E-state index in [2.05, 4.69) is 0 Å². The Morgan fingerprint density at radius 3 is 2.19 bits per heavy atom. The van der Waals surface area contributed by atoms with Gasteiger partial charge < -0.3 is 19.4 Å². The van der Waals surface area contributed by atoms with Gasteiger partial charge in [-0.1, -0.05) is 60.7 Å². The zero-order chi connectivity index (χ0) is 35.0. The largest absolute Gasteiger partial charge is 0.496 e. The molecule has 0 aliphatic heterocycles. The number of aliphatic carboxylic acids is 1. The van der Waals surface area contributed by atoms with Gasteiger partial charge in [0.1, 0.15) is 11.5 Å². The first-order chi connectivity index (χ1) is 22.6. The molecule has 0 aliphatic rings. The molecule has 252 valence electrons. The third-order valence-corrected chi connectivity index (χ3v) is 10.4. The van der Waals surface area contributed by atoms with E-state index in [-0.39, 0.29) is 23.8 Å². The third kappa shape index (κ3) is 6.69. The number of methoxy groups -OCH3 is 1. The summed E-state index contributed by atoms with van der Waals surface area (Å²) in [4.78, 5) is 12.1. The number of carboxylic acid groups (broad SMARTS) is 1. The maximum absolute atomic E-state index is 14.5. The minimum absolute atomic E-state index is 0.0244. The number of rotatable bonds is 11. The van der Waals surface area contributed by atoms with Gasteiger partial charge >= 0.3 is 12.1 Å². The van der Waals surface area contributed by atoms with E-state index in [1.165, 1.54) is 7.11 Å². The highest BCUT2D eigenvalue weighted by Gasteiger charge is 2.36.